The van der Waals surface area contributed by atoms with Gasteiger partial charge in [-0.3, -0.25) is 9.59 Å². The van der Waals surface area contributed by atoms with E-state index in [1.54, 1.807) is 0 Å². The minimum absolute atomic E-state index is 0.00629. The Hall–Kier alpha value is -1.92. The van der Waals surface area contributed by atoms with E-state index < -0.39 is 16.6 Å². The molecule has 2 bridgehead atoms. The van der Waals surface area contributed by atoms with Gasteiger partial charge < -0.3 is 21.1 Å². The second kappa shape index (κ2) is 6.31. The van der Waals surface area contributed by atoms with Crippen LogP contribution in [0.1, 0.15) is 42.4 Å². The average molecular weight is 371 g/mol. The Kier molecular flexibility index (Phi) is 4.31. The van der Waals surface area contributed by atoms with Gasteiger partial charge >= 0.3 is 0 Å². The number of benzene rings is 1. The molecular weight excluding hydrogens is 342 g/mol. The lowest BCUT2D eigenvalue weighted by molar-refractivity contribution is -0.137. The third kappa shape index (κ3) is 2.77. The second-order valence-electron chi connectivity index (χ2n) is 8.65. The Morgan fingerprint density at radius 2 is 1.81 bits per heavy atom. The van der Waals surface area contributed by atoms with Crippen LogP contribution in [0.25, 0.3) is 0 Å². The number of piperidine rings is 1. The maximum atomic E-state index is 12.5. The topological polar surface area (TPSA) is 93.5 Å². The molecule has 27 heavy (non-hydrogen) atoms. The van der Waals surface area contributed by atoms with Gasteiger partial charge in [0.25, 0.3) is 0 Å². The maximum Gasteiger partial charge on any atom is 0.226 e. The van der Waals surface area contributed by atoms with Crippen molar-refractivity contribution in [3.8, 4) is 0 Å². The molecule has 3 aliphatic heterocycles. The molecule has 3 saturated heterocycles. The van der Waals surface area contributed by atoms with E-state index in [0.717, 1.165) is 42.6 Å². The molecular formula is C21H29N3O3. The predicted molar refractivity (Wildman–Crippen MR) is 102 cm³/mol. The van der Waals surface area contributed by atoms with Gasteiger partial charge in [-0.05, 0) is 69.3 Å². The lowest BCUT2D eigenvalue weighted by Crippen LogP contribution is -2.61. The van der Waals surface area contributed by atoms with E-state index in [2.05, 4.69) is 10.6 Å². The molecule has 3 heterocycles. The van der Waals surface area contributed by atoms with Crippen molar-refractivity contribution in [3.63, 3.8) is 0 Å². The smallest absolute Gasteiger partial charge is 0.226 e. The van der Waals surface area contributed by atoms with Crippen molar-refractivity contribution in [2.45, 2.75) is 57.2 Å². The number of carbonyl (C=O) groups is 2. The fourth-order valence-corrected chi connectivity index (χ4v) is 5.54. The first-order chi connectivity index (χ1) is 12.8. The van der Waals surface area contributed by atoms with Crippen LogP contribution in [0.5, 0.6) is 0 Å². The summed E-state index contributed by atoms with van der Waals surface area (Å²) in [4.78, 5) is 24.8. The van der Waals surface area contributed by atoms with Gasteiger partial charge in [-0.2, -0.15) is 0 Å². The van der Waals surface area contributed by atoms with Crippen molar-refractivity contribution in [2.24, 2.45) is 11.1 Å². The maximum absolute atomic E-state index is 12.5. The molecule has 4 N–H and O–H groups in total. The molecule has 0 unspecified atom stereocenters. The standard InChI is InChI=1S/C21H29N3O3/c1-14-4-3-5-15(2)16(14)10-17(25)24-13-19-11-20(12-19,18(22)26)21(27-19)6-8-23-9-7-21/h3-5,23H,6-13H2,1-2H3,(H2,22,26)(H,24,25). The van der Waals surface area contributed by atoms with Crippen molar-refractivity contribution in [2.75, 3.05) is 19.6 Å². The highest BCUT2D eigenvalue weighted by Gasteiger charge is 2.77. The van der Waals surface area contributed by atoms with Gasteiger partial charge in [-0.1, -0.05) is 18.2 Å². The number of nitrogens with two attached hydrogens (primary N) is 1. The van der Waals surface area contributed by atoms with E-state index >= 15 is 0 Å². The van der Waals surface area contributed by atoms with Crippen LogP contribution in [0.4, 0.5) is 0 Å². The van der Waals surface area contributed by atoms with Crippen LogP contribution in [-0.2, 0) is 20.7 Å². The van der Waals surface area contributed by atoms with Gasteiger partial charge in [0.1, 0.15) is 0 Å². The molecule has 1 aromatic carbocycles. The molecule has 146 valence electrons. The normalized spacial score (nSPS) is 30.7. The van der Waals surface area contributed by atoms with Crippen LogP contribution in [0.15, 0.2) is 18.2 Å². The Morgan fingerprint density at radius 1 is 1.19 bits per heavy atom. The van der Waals surface area contributed by atoms with Crippen molar-refractivity contribution in [3.05, 3.63) is 34.9 Å². The van der Waals surface area contributed by atoms with Crippen molar-refractivity contribution < 1.29 is 14.3 Å². The highest BCUT2D eigenvalue weighted by atomic mass is 16.5. The molecule has 1 aliphatic carbocycles. The molecule has 4 aliphatic rings. The number of primary amides is 1. The van der Waals surface area contributed by atoms with E-state index in [9.17, 15) is 9.59 Å². The molecule has 5 rings (SSSR count). The minimum atomic E-state index is -0.563. The molecule has 6 heteroatoms. The summed E-state index contributed by atoms with van der Waals surface area (Å²) < 4.78 is 6.51. The van der Waals surface area contributed by atoms with Crippen molar-refractivity contribution >= 4 is 11.8 Å². The van der Waals surface area contributed by atoms with Gasteiger partial charge in [0, 0.05) is 6.54 Å². The summed E-state index contributed by atoms with van der Waals surface area (Å²) in [7, 11) is 0. The third-order valence-corrected chi connectivity index (χ3v) is 7.00. The first-order valence-electron chi connectivity index (χ1n) is 9.84. The summed E-state index contributed by atoms with van der Waals surface area (Å²) in [6.45, 7) is 6.18. The van der Waals surface area contributed by atoms with Crippen LogP contribution in [0, 0.1) is 19.3 Å². The monoisotopic (exact) mass is 371 g/mol. The van der Waals surface area contributed by atoms with Crippen LogP contribution in [0.3, 0.4) is 0 Å². The Bertz CT molecular complexity index is 757. The SMILES string of the molecule is Cc1cccc(C)c1CC(=O)NCC12CC(C(N)=O)(C1)C1(CCNCC1)O2. The van der Waals surface area contributed by atoms with Gasteiger partial charge in [0.15, 0.2) is 0 Å². The Balaban J connectivity index is 1.42. The number of ether oxygens (including phenoxy) is 1. The summed E-state index contributed by atoms with van der Waals surface area (Å²) in [5.41, 5.74) is 7.68. The number of rotatable bonds is 5. The van der Waals surface area contributed by atoms with E-state index in [1.807, 2.05) is 32.0 Å². The van der Waals surface area contributed by atoms with E-state index in [1.165, 1.54) is 0 Å². The average Bonchev–Trinajstić information content (AvgIpc) is 3.02. The van der Waals surface area contributed by atoms with E-state index in [0.29, 0.717) is 25.8 Å². The molecule has 1 saturated carbocycles. The summed E-state index contributed by atoms with van der Waals surface area (Å²) in [5.74, 6) is -0.257. The van der Waals surface area contributed by atoms with Crippen molar-refractivity contribution in [1.29, 1.82) is 0 Å². The number of aryl methyl sites for hydroxylation is 2. The molecule has 6 nitrogen and oxygen atoms in total. The number of hydrogen-bond donors (Lipinski definition) is 3. The lowest BCUT2D eigenvalue weighted by Gasteiger charge is -2.47. The third-order valence-electron chi connectivity index (χ3n) is 7.00. The minimum Gasteiger partial charge on any atom is -0.369 e. The molecule has 1 aromatic rings. The molecule has 2 amide bonds. The zero-order valence-corrected chi connectivity index (χ0v) is 16.2. The highest BCUT2D eigenvalue weighted by molar-refractivity contribution is 5.85. The molecule has 4 fully saturated rings. The van der Waals surface area contributed by atoms with Crippen LogP contribution in [-0.4, -0.2) is 42.7 Å². The van der Waals surface area contributed by atoms with Gasteiger partial charge in [0.2, 0.25) is 11.8 Å². The molecule has 0 atom stereocenters. The summed E-state index contributed by atoms with van der Waals surface area (Å²) >= 11 is 0. The quantitative estimate of drug-likeness (QED) is 0.723. The first kappa shape index (κ1) is 18.4. The Morgan fingerprint density at radius 3 is 2.41 bits per heavy atom. The summed E-state index contributed by atoms with van der Waals surface area (Å²) in [5, 5.41) is 6.38. The van der Waals surface area contributed by atoms with Crippen LogP contribution in [0.2, 0.25) is 0 Å². The second-order valence-corrected chi connectivity index (χ2v) is 8.65. The van der Waals surface area contributed by atoms with Gasteiger partial charge in [-0.25, -0.2) is 0 Å². The van der Waals surface area contributed by atoms with Gasteiger partial charge in [-0.15, -0.1) is 0 Å². The summed E-state index contributed by atoms with van der Waals surface area (Å²) in [6, 6.07) is 6.07. The highest BCUT2D eigenvalue weighted by Crippen LogP contribution is 2.68. The number of carbonyl (C=O) groups excluding carboxylic acids is 2. The largest absolute Gasteiger partial charge is 0.369 e. The molecule has 1 spiro atoms. The van der Waals surface area contributed by atoms with E-state index in [-0.39, 0.29) is 11.8 Å². The summed E-state index contributed by atoms with van der Waals surface area (Å²) in [6.07, 6.45) is 3.21. The number of nitrogens with one attached hydrogen (secondary N) is 2. The molecule has 0 aromatic heterocycles. The van der Waals surface area contributed by atoms with Crippen molar-refractivity contribution in [1.82, 2.24) is 10.6 Å². The van der Waals surface area contributed by atoms with Gasteiger partial charge in [0.05, 0.1) is 23.0 Å². The fourth-order valence-electron chi connectivity index (χ4n) is 5.54. The zero-order valence-electron chi connectivity index (χ0n) is 16.2. The number of amides is 2. The Labute approximate surface area is 160 Å². The van der Waals surface area contributed by atoms with Crippen LogP contribution >= 0.6 is 0 Å². The predicted octanol–water partition coefficient (Wildman–Crippen LogP) is 1.12. The van der Waals surface area contributed by atoms with E-state index in [4.69, 9.17) is 10.5 Å². The van der Waals surface area contributed by atoms with Crippen LogP contribution < -0.4 is 16.4 Å². The molecule has 0 radical (unpaired) electrons. The lowest BCUT2D eigenvalue weighted by atomic mass is 9.53. The fraction of sp³-hybridized carbons (Fsp3) is 0.619. The first-order valence-corrected chi connectivity index (χ1v) is 9.84. The number of hydrogen-bond acceptors (Lipinski definition) is 4. The zero-order chi connectivity index (χ0) is 19.3.